The Morgan fingerprint density at radius 3 is 2.46 bits per heavy atom. The quantitative estimate of drug-likeness (QED) is 0.420. The zero-order valence-electron chi connectivity index (χ0n) is 14.3. The lowest BCUT2D eigenvalue weighted by molar-refractivity contribution is 0.0697. The van der Waals surface area contributed by atoms with Gasteiger partial charge in [0.05, 0.1) is 5.56 Å². The van der Waals surface area contributed by atoms with Crippen LogP contribution in [-0.4, -0.2) is 11.1 Å². The van der Waals surface area contributed by atoms with E-state index in [9.17, 15) is 23.1 Å². The van der Waals surface area contributed by atoms with E-state index in [0.717, 1.165) is 11.3 Å². The molecule has 1 unspecified atom stereocenters. The first-order chi connectivity index (χ1) is 13.5. The first-order valence-corrected chi connectivity index (χ1v) is 9.21. The highest BCUT2D eigenvalue weighted by Crippen LogP contribution is 2.41. The number of hydrogen-bond donors (Lipinski definition) is 1. The van der Waals surface area contributed by atoms with Gasteiger partial charge in [0, 0.05) is 20.5 Å². The third-order valence-electron chi connectivity index (χ3n) is 4.50. The molecule has 0 aliphatic carbocycles. The normalized spacial score (nSPS) is 12.2. The molecule has 2 nitrogen and oxygen atoms in total. The molecule has 4 aromatic rings. The number of fused-ring (bicyclic) bond motifs is 1. The fourth-order valence-electron chi connectivity index (χ4n) is 3.12. The monoisotopic (exact) mass is 398 g/mol. The van der Waals surface area contributed by atoms with Gasteiger partial charge in [0.15, 0.2) is 6.17 Å². The van der Waals surface area contributed by atoms with Gasteiger partial charge in [0.2, 0.25) is 0 Å². The second-order valence-corrected chi connectivity index (χ2v) is 7.34. The van der Waals surface area contributed by atoms with E-state index in [1.165, 1.54) is 48.5 Å². The average molecular weight is 398 g/mol. The van der Waals surface area contributed by atoms with Gasteiger partial charge >= 0.3 is 5.97 Å². The molecule has 0 amide bonds. The predicted molar refractivity (Wildman–Crippen MR) is 104 cm³/mol. The molecule has 0 bridgehead atoms. The third-order valence-corrected chi connectivity index (χ3v) is 5.70. The smallest absolute Gasteiger partial charge is 0.335 e. The second kappa shape index (κ2) is 7.13. The summed E-state index contributed by atoms with van der Waals surface area (Å²) in [5.74, 6) is -2.26. The molecule has 3 aromatic carbocycles. The first-order valence-electron chi connectivity index (χ1n) is 8.40. The van der Waals surface area contributed by atoms with Crippen molar-refractivity contribution in [3.8, 4) is 11.1 Å². The Labute approximate surface area is 162 Å². The fourth-order valence-corrected chi connectivity index (χ4v) is 4.32. The molecule has 0 spiro atoms. The van der Waals surface area contributed by atoms with Crippen LogP contribution in [0.3, 0.4) is 0 Å². The van der Waals surface area contributed by atoms with Gasteiger partial charge in [-0.2, -0.15) is 0 Å². The Bertz CT molecular complexity index is 1200. The van der Waals surface area contributed by atoms with E-state index in [1.54, 1.807) is 18.2 Å². The largest absolute Gasteiger partial charge is 0.478 e. The van der Waals surface area contributed by atoms with E-state index in [1.807, 2.05) is 0 Å². The van der Waals surface area contributed by atoms with Crippen molar-refractivity contribution in [2.45, 2.75) is 6.17 Å². The minimum atomic E-state index is -1.73. The molecule has 28 heavy (non-hydrogen) atoms. The van der Waals surface area contributed by atoms with Crippen LogP contribution >= 0.6 is 11.3 Å². The van der Waals surface area contributed by atoms with E-state index in [2.05, 4.69) is 0 Å². The van der Waals surface area contributed by atoms with E-state index in [0.29, 0.717) is 15.8 Å². The van der Waals surface area contributed by atoms with Crippen LogP contribution in [0.5, 0.6) is 0 Å². The summed E-state index contributed by atoms with van der Waals surface area (Å²) >= 11 is 1.03. The van der Waals surface area contributed by atoms with Gasteiger partial charge in [-0.25, -0.2) is 18.0 Å². The van der Waals surface area contributed by atoms with E-state index in [-0.39, 0.29) is 21.4 Å². The van der Waals surface area contributed by atoms with Gasteiger partial charge in [0.1, 0.15) is 11.6 Å². The molecule has 0 radical (unpaired) electrons. The van der Waals surface area contributed by atoms with Crippen LogP contribution in [0.25, 0.3) is 21.2 Å². The molecule has 140 valence electrons. The van der Waals surface area contributed by atoms with Crippen LogP contribution in [0.4, 0.5) is 13.2 Å². The minimum Gasteiger partial charge on any atom is -0.478 e. The number of rotatable bonds is 4. The van der Waals surface area contributed by atoms with Crippen LogP contribution in [0, 0.1) is 11.6 Å². The molecule has 1 heterocycles. The molecule has 0 saturated heterocycles. The minimum absolute atomic E-state index is 0.0986. The fraction of sp³-hybridized carbons (Fsp3) is 0.0455. The molecular weight excluding hydrogens is 385 g/mol. The molecule has 1 aromatic heterocycles. The van der Waals surface area contributed by atoms with E-state index in [4.69, 9.17) is 0 Å². The Balaban J connectivity index is 1.87. The van der Waals surface area contributed by atoms with Crippen molar-refractivity contribution in [2.24, 2.45) is 0 Å². The number of alkyl halides is 1. The van der Waals surface area contributed by atoms with Crippen LogP contribution in [0.1, 0.15) is 27.0 Å². The van der Waals surface area contributed by atoms with E-state index >= 15 is 0 Å². The zero-order chi connectivity index (χ0) is 19.8. The average Bonchev–Trinajstić information content (AvgIpc) is 3.14. The van der Waals surface area contributed by atoms with Crippen molar-refractivity contribution in [3.05, 3.63) is 94.4 Å². The summed E-state index contributed by atoms with van der Waals surface area (Å²) in [6.45, 7) is 0. The number of carboxylic acid groups (broad SMARTS) is 1. The van der Waals surface area contributed by atoms with Gasteiger partial charge in [0.25, 0.3) is 0 Å². The Morgan fingerprint density at radius 2 is 1.71 bits per heavy atom. The second-order valence-electron chi connectivity index (χ2n) is 6.26. The van der Waals surface area contributed by atoms with Gasteiger partial charge in [-0.1, -0.05) is 36.4 Å². The van der Waals surface area contributed by atoms with Gasteiger partial charge in [-0.15, -0.1) is 11.3 Å². The van der Waals surface area contributed by atoms with Crippen molar-refractivity contribution in [2.75, 3.05) is 0 Å². The van der Waals surface area contributed by atoms with Gasteiger partial charge < -0.3 is 5.11 Å². The maximum Gasteiger partial charge on any atom is 0.335 e. The number of halogens is 3. The number of aromatic carboxylic acids is 1. The molecule has 6 heteroatoms. The lowest BCUT2D eigenvalue weighted by atomic mass is 10.0. The molecule has 0 saturated carbocycles. The Morgan fingerprint density at radius 1 is 0.929 bits per heavy atom. The van der Waals surface area contributed by atoms with Crippen molar-refractivity contribution >= 4 is 27.4 Å². The number of carbonyl (C=O) groups is 1. The first kappa shape index (κ1) is 18.3. The number of benzene rings is 3. The highest BCUT2D eigenvalue weighted by Gasteiger charge is 2.21. The molecule has 0 aliphatic heterocycles. The SMILES string of the molecule is O=C(O)c1cccc(-c2ccc(F)c3cc(C(F)c4ccccc4F)sc23)c1. The van der Waals surface area contributed by atoms with Crippen LogP contribution in [0.15, 0.2) is 66.7 Å². The molecule has 1 atom stereocenters. The standard InChI is InChI=1S/C22H13F3O2S/c23-17-7-2-1-6-15(17)20(25)19-11-16-18(24)9-8-14(21(16)28-19)12-4-3-5-13(10-12)22(26)27/h1-11,20H,(H,26,27). The molecule has 0 aliphatic rings. The summed E-state index contributed by atoms with van der Waals surface area (Å²) in [6, 6.07) is 16.0. The number of carboxylic acids is 1. The van der Waals surface area contributed by atoms with Crippen LogP contribution < -0.4 is 0 Å². The topological polar surface area (TPSA) is 37.3 Å². The maximum absolute atomic E-state index is 15.0. The summed E-state index contributed by atoms with van der Waals surface area (Å²) in [6.07, 6.45) is -1.73. The maximum atomic E-state index is 15.0. The summed E-state index contributed by atoms with van der Waals surface area (Å²) in [4.78, 5) is 11.4. The summed E-state index contributed by atoms with van der Waals surface area (Å²) in [7, 11) is 0. The number of hydrogen-bond acceptors (Lipinski definition) is 2. The van der Waals surface area contributed by atoms with Crippen molar-refractivity contribution in [3.63, 3.8) is 0 Å². The van der Waals surface area contributed by atoms with Crippen molar-refractivity contribution in [1.29, 1.82) is 0 Å². The predicted octanol–water partition coefficient (Wildman–Crippen LogP) is 6.60. The number of thiophene rings is 1. The molecule has 4 rings (SSSR count). The lowest BCUT2D eigenvalue weighted by Gasteiger charge is -2.07. The lowest BCUT2D eigenvalue weighted by Crippen LogP contribution is -1.95. The highest BCUT2D eigenvalue weighted by molar-refractivity contribution is 7.19. The van der Waals surface area contributed by atoms with E-state index < -0.39 is 23.8 Å². The highest BCUT2D eigenvalue weighted by atomic mass is 32.1. The van der Waals surface area contributed by atoms with Gasteiger partial charge in [-0.05, 0) is 41.5 Å². The summed E-state index contributed by atoms with van der Waals surface area (Å²) in [5, 5.41) is 9.42. The third kappa shape index (κ3) is 3.16. The molecular formula is C22H13F3O2S. The summed E-state index contributed by atoms with van der Waals surface area (Å²) in [5.41, 5.74) is 1.17. The Kier molecular flexibility index (Phi) is 4.65. The van der Waals surface area contributed by atoms with Crippen molar-refractivity contribution in [1.82, 2.24) is 0 Å². The summed E-state index contributed by atoms with van der Waals surface area (Å²) < 4.78 is 43.8. The van der Waals surface area contributed by atoms with Crippen LogP contribution in [0.2, 0.25) is 0 Å². The Hall–Kier alpha value is -3.12. The van der Waals surface area contributed by atoms with Gasteiger partial charge in [-0.3, -0.25) is 0 Å². The van der Waals surface area contributed by atoms with Crippen LogP contribution in [-0.2, 0) is 0 Å². The molecule has 0 fully saturated rings. The molecule has 1 N–H and O–H groups in total. The zero-order valence-corrected chi connectivity index (χ0v) is 15.1. The van der Waals surface area contributed by atoms with Crippen molar-refractivity contribution < 1.29 is 23.1 Å².